The summed E-state index contributed by atoms with van der Waals surface area (Å²) in [6.45, 7) is 9.33. The molecule has 0 bridgehead atoms. The van der Waals surface area contributed by atoms with E-state index in [1.807, 2.05) is 56.0 Å². The number of hydrogen-bond donors (Lipinski definition) is 1. The molecule has 2 aromatic rings. The van der Waals surface area contributed by atoms with Crippen molar-refractivity contribution in [3.05, 3.63) is 36.2 Å². The van der Waals surface area contributed by atoms with Gasteiger partial charge in [0.25, 0.3) is 0 Å². The minimum absolute atomic E-state index is 0.0420. The van der Waals surface area contributed by atoms with E-state index in [0.29, 0.717) is 24.8 Å². The minimum Gasteiger partial charge on any atom is -0.339 e. The molecule has 6 heteroatoms. The summed E-state index contributed by atoms with van der Waals surface area (Å²) in [7, 11) is 0. The maximum absolute atomic E-state index is 12.4. The Bertz CT molecular complexity index is 705. The van der Waals surface area contributed by atoms with Crippen LogP contribution in [-0.4, -0.2) is 39.7 Å². The predicted molar refractivity (Wildman–Crippen MR) is 91.5 cm³/mol. The molecule has 1 saturated heterocycles. The van der Waals surface area contributed by atoms with E-state index in [1.165, 1.54) is 0 Å². The number of benzene rings is 1. The second-order valence-electron chi connectivity index (χ2n) is 7.49. The van der Waals surface area contributed by atoms with Gasteiger partial charge in [0.05, 0.1) is 5.92 Å². The highest BCUT2D eigenvalue weighted by atomic mass is 16.5. The highest BCUT2D eigenvalue weighted by Gasteiger charge is 2.37. The molecule has 128 valence electrons. The third kappa shape index (κ3) is 3.58. The van der Waals surface area contributed by atoms with Gasteiger partial charge in [0.15, 0.2) is 0 Å². The third-order valence-electron chi connectivity index (χ3n) is 4.17. The largest absolute Gasteiger partial charge is 0.339 e. The van der Waals surface area contributed by atoms with Crippen molar-refractivity contribution in [2.45, 2.75) is 39.2 Å². The Morgan fingerprint density at radius 3 is 2.62 bits per heavy atom. The lowest BCUT2D eigenvalue weighted by Gasteiger charge is -2.25. The van der Waals surface area contributed by atoms with Gasteiger partial charge in [-0.15, -0.1) is 0 Å². The number of likely N-dealkylation sites (tertiary alicyclic amines) is 1. The van der Waals surface area contributed by atoms with Gasteiger partial charge >= 0.3 is 6.03 Å². The number of aromatic nitrogens is 2. The van der Waals surface area contributed by atoms with Crippen molar-refractivity contribution in [2.24, 2.45) is 5.92 Å². The Morgan fingerprint density at radius 2 is 1.96 bits per heavy atom. The molecule has 1 aromatic heterocycles. The predicted octanol–water partition coefficient (Wildman–Crippen LogP) is 3.28. The van der Waals surface area contributed by atoms with Gasteiger partial charge in [0.2, 0.25) is 11.7 Å². The van der Waals surface area contributed by atoms with Crippen molar-refractivity contribution < 1.29 is 9.32 Å². The maximum Gasteiger partial charge on any atom is 0.317 e. The fourth-order valence-electron chi connectivity index (χ4n) is 2.94. The molecule has 0 aliphatic carbocycles. The van der Waals surface area contributed by atoms with E-state index in [0.717, 1.165) is 5.56 Å². The van der Waals surface area contributed by atoms with Crippen LogP contribution in [0.4, 0.5) is 4.79 Å². The molecule has 24 heavy (non-hydrogen) atoms. The van der Waals surface area contributed by atoms with Crippen LogP contribution in [0.1, 0.15) is 39.5 Å². The molecule has 0 radical (unpaired) electrons. The van der Waals surface area contributed by atoms with Crippen LogP contribution in [0.5, 0.6) is 0 Å². The van der Waals surface area contributed by atoms with E-state index in [9.17, 15) is 4.79 Å². The lowest BCUT2D eigenvalue weighted by atomic mass is 9.98. The van der Waals surface area contributed by atoms with Crippen LogP contribution in [-0.2, 0) is 0 Å². The zero-order valence-electron chi connectivity index (χ0n) is 14.6. The first-order chi connectivity index (χ1) is 11.3. The highest BCUT2D eigenvalue weighted by Crippen LogP contribution is 2.32. The molecule has 1 aliphatic heterocycles. The summed E-state index contributed by atoms with van der Waals surface area (Å²) < 4.78 is 5.48. The fraction of sp³-hybridized carbons (Fsp3) is 0.500. The van der Waals surface area contributed by atoms with Crippen LogP contribution >= 0.6 is 0 Å². The molecule has 2 heterocycles. The van der Waals surface area contributed by atoms with E-state index in [2.05, 4.69) is 22.4 Å². The van der Waals surface area contributed by atoms with Gasteiger partial charge in [0.1, 0.15) is 0 Å². The quantitative estimate of drug-likeness (QED) is 0.918. The molecule has 2 atom stereocenters. The van der Waals surface area contributed by atoms with Crippen LogP contribution < -0.4 is 5.32 Å². The Morgan fingerprint density at radius 1 is 1.25 bits per heavy atom. The van der Waals surface area contributed by atoms with Gasteiger partial charge in [-0.05, 0) is 26.7 Å². The smallest absolute Gasteiger partial charge is 0.317 e. The molecule has 6 nitrogen and oxygen atoms in total. The van der Waals surface area contributed by atoms with Gasteiger partial charge < -0.3 is 14.7 Å². The van der Waals surface area contributed by atoms with E-state index in [4.69, 9.17) is 4.52 Å². The lowest BCUT2D eigenvalue weighted by Crippen LogP contribution is -2.47. The summed E-state index contributed by atoms with van der Waals surface area (Å²) in [4.78, 5) is 18.7. The Labute approximate surface area is 142 Å². The fourth-order valence-corrected chi connectivity index (χ4v) is 2.94. The number of nitrogens with zero attached hydrogens (tertiary/aromatic N) is 3. The van der Waals surface area contributed by atoms with E-state index in [-0.39, 0.29) is 23.4 Å². The molecule has 0 saturated carbocycles. The maximum atomic E-state index is 12.4. The van der Waals surface area contributed by atoms with Crippen LogP contribution in [0.2, 0.25) is 0 Å². The third-order valence-corrected chi connectivity index (χ3v) is 4.17. The Hall–Kier alpha value is -2.37. The first kappa shape index (κ1) is 16.5. The SMILES string of the molecule is CC1CN(C(=O)NC(C)(C)C)CC1c1nc(-c2ccccc2)no1. The van der Waals surface area contributed by atoms with E-state index >= 15 is 0 Å². The van der Waals surface area contributed by atoms with E-state index < -0.39 is 0 Å². The summed E-state index contributed by atoms with van der Waals surface area (Å²) in [5.41, 5.74) is 0.684. The number of urea groups is 1. The van der Waals surface area contributed by atoms with Crippen molar-refractivity contribution in [1.82, 2.24) is 20.4 Å². The zero-order valence-corrected chi connectivity index (χ0v) is 14.6. The Balaban J connectivity index is 1.72. The summed E-state index contributed by atoms with van der Waals surface area (Å²) in [5, 5.41) is 7.09. The topological polar surface area (TPSA) is 71.3 Å². The van der Waals surface area contributed by atoms with Gasteiger partial charge in [-0.1, -0.05) is 42.4 Å². The van der Waals surface area contributed by atoms with Gasteiger partial charge in [-0.2, -0.15) is 4.98 Å². The summed E-state index contributed by atoms with van der Waals surface area (Å²) >= 11 is 0. The molecule has 2 unspecified atom stereocenters. The number of rotatable bonds is 2. The van der Waals surface area contributed by atoms with Crippen molar-refractivity contribution >= 4 is 6.03 Å². The lowest BCUT2D eigenvalue weighted by molar-refractivity contribution is 0.197. The minimum atomic E-state index is -0.247. The Kier molecular flexibility index (Phi) is 4.30. The summed E-state index contributed by atoms with van der Waals surface area (Å²) in [6.07, 6.45) is 0. The first-order valence-corrected chi connectivity index (χ1v) is 8.29. The van der Waals surface area contributed by atoms with Crippen molar-refractivity contribution in [1.29, 1.82) is 0 Å². The number of hydrogen-bond acceptors (Lipinski definition) is 4. The molecule has 0 spiro atoms. The van der Waals surface area contributed by atoms with Gasteiger partial charge in [-0.25, -0.2) is 4.79 Å². The molecule has 3 rings (SSSR count). The zero-order chi connectivity index (χ0) is 17.3. The van der Waals surface area contributed by atoms with E-state index in [1.54, 1.807) is 0 Å². The molecule has 1 aliphatic rings. The molecule has 2 amide bonds. The normalized spacial score (nSPS) is 21.1. The van der Waals surface area contributed by atoms with Crippen molar-refractivity contribution in [3.63, 3.8) is 0 Å². The second kappa shape index (κ2) is 6.26. The van der Waals surface area contributed by atoms with Crippen LogP contribution in [0.25, 0.3) is 11.4 Å². The van der Waals surface area contributed by atoms with Crippen LogP contribution in [0.15, 0.2) is 34.9 Å². The average Bonchev–Trinajstić information content (AvgIpc) is 3.13. The number of amides is 2. The molecule has 1 N–H and O–H groups in total. The van der Waals surface area contributed by atoms with Gasteiger partial charge in [-0.3, -0.25) is 0 Å². The summed E-state index contributed by atoms with van der Waals surface area (Å²) in [6, 6.07) is 9.71. The van der Waals surface area contributed by atoms with Crippen molar-refractivity contribution in [2.75, 3.05) is 13.1 Å². The van der Waals surface area contributed by atoms with Gasteiger partial charge in [0, 0.05) is 24.2 Å². The standard InChI is InChI=1S/C18H24N4O2/c1-12-10-22(17(23)20-18(2,3)4)11-14(12)16-19-15(21-24-16)13-8-6-5-7-9-13/h5-9,12,14H,10-11H2,1-4H3,(H,20,23). The molecule has 1 fully saturated rings. The monoisotopic (exact) mass is 328 g/mol. The number of carbonyl (C=O) groups excluding carboxylic acids is 1. The first-order valence-electron chi connectivity index (χ1n) is 8.29. The molecular formula is C18H24N4O2. The average molecular weight is 328 g/mol. The summed E-state index contributed by atoms with van der Waals surface area (Å²) in [5.74, 6) is 1.54. The van der Waals surface area contributed by atoms with Crippen LogP contribution in [0.3, 0.4) is 0 Å². The second-order valence-corrected chi connectivity index (χ2v) is 7.49. The molecule has 1 aromatic carbocycles. The molecular weight excluding hydrogens is 304 g/mol. The number of nitrogens with one attached hydrogen (secondary N) is 1. The number of carbonyl (C=O) groups is 1. The highest BCUT2D eigenvalue weighted by molar-refractivity contribution is 5.75. The van der Waals surface area contributed by atoms with Crippen molar-refractivity contribution in [3.8, 4) is 11.4 Å². The van der Waals surface area contributed by atoms with Crippen LogP contribution in [0, 0.1) is 5.92 Å².